The minimum atomic E-state index is 0.324. The molecule has 0 amide bonds. The van der Waals surface area contributed by atoms with Crippen LogP contribution in [0.15, 0.2) is 0 Å². The summed E-state index contributed by atoms with van der Waals surface area (Å²) in [6, 6.07) is 2.08. The molecule has 2 rings (SSSR count). The van der Waals surface area contributed by atoms with Gasteiger partial charge in [0, 0.05) is 31.3 Å². The van der Waals surface area contributed by atoms with Crippen LogP contribution in [-0.2, 0) is 0 Å². The quantitative estimate of drug-likeness (QED) is 0.777. The molecule has 0 spiro atoms. The predicted octanol–water partition coefficient (Wildman–Crippen LogP) is 2.53. The number of aliphatic hydroxyl groups excluding tert-OH is 1. The number of nitrogens with one attached hydrogen (secondary N) is 1. The van der Waals surface area contributed by atoms with Crippen LogP contribution >= 0.6 is 0 Å². The van der Waals surface area contributed by atoms with Crippen molar-refractivity contribution in [3.63, 3.8) is 0 Å². The van der Waals surface area contributed by atoms with Crippen molar-refractivity contribution < 1.29 is 5.11 Å². The molecule has 19 heavy (non-hydrogen) atoms. The summed E-state index contributed by atoms with van der Waals surface area (Å²) in [5.74, 6) is 0. The molecule has 0 aromatic carbocycles. The first kappa shape index (κ1) is 15.3. The fourth-order valence-corrected chi connectivity index (χ4v) is 3.80. The van der Waals surface area contributed by atoms with Gasteiger partial charge in [0.05, 0.1) is 0 Å². The lowest BCUT2D eigenvalue weighted by atomic mass is 9.92. The second-order valence-electron chi connectivity index (χ2n) is 6.56. The van der Waals surface area contributed by atoms with E-state index in [4.69, 9.17) is 5.11 Å². The van der Waals surface area contributed by atoms with Crippen LogP contribution in [0.3, 0.4) is 0 Å². The summed E-state index contributed by atoms with van der Waals surface area (Å²) in [4.78, 5) is 2.75. The standard InChI is InChI=1S/C16H32N2O/c1-14(7-6-12-19)17-15-8-5-11-18(13-15)16-9-3-2-4-10-16/h14-17,19H,2-13H2,1H3/t14-,15+/m1/s1. The Balaban J connectivity index is 1.73. The highest BCUT2D eigenvalue weighted by atomic mass is 16.2. The van der Waals surface area contributed by atoms with E-state index >= 15 is 0 Å². The van der Waals surface area contributed by atoms with E-state index in [-0.39, 0.29) is 0 Å². The average molecular weight is 268 g/mol. The third-order valence-electron chi connectivity index (χ3n) is 4.86. The van der Waals surface area contributed by atoms with Gasteiger partial charge in [0.2, 0.25) is 0 Å². The van der Waals surface area contributed by atoms with Crippen LogP contribution in [0.2, 0.25) is 0 Å². The fraction of sp³-hybridized carbons (Fsp3) is 1.00. The average Bonchev–Trinajstić information content (AvgIpc) is 2.46. The lowest BCUT2D eigenvalue weighted by Crippen LogP contribution is -2.51. The molecule has 3 nitrogen and oxygen atoms in total. The van der Waals surface area contributed by atoms with Crippen molar-refractivity contribution in [3.8, 4) is 0 Å². The Morgan fingerprint density at radius 3 is 2.68 bits per heavy atom. The summed E-state index contributed by atoms with van der Waals surface area (Å²) in [5.41, 5.74) is 0. The van der Waals surface area contributed by atoms with Crippen molar-refractivity contribution in [2.45, 2.75) is 82.8 Å². The molecule has 0 aromatic heterocycles. The molecule has 0 unspecified atom stereocenters. The van der Waals surface area contributed by atoms with Crippen molar-refractivity contribution in [1.82, 2.24) is 10.2 Å². The largest absolute Gasteiger partial charge is 0.396 e. The molecule has 2 atom stereocenters. The molecule has 2 fully saturated rings. The second kappa shape index (κ2) is 8.23. The molecule has 0 bridgehead atoms. The Bertz CT molecular complexity index is 241. The van der Waals surface area contributed by atoms with Crippen LogP contribution in [0.25, 0.3) is 0 Å². The Morgan fingerprint density at radius 2 is 1.95 bits per heavy atom. The van der Waals surface area contributed by atoms with E-state index in [1.807, 2.05) is 0 Å². The van der Waals surface area contributed by atoms with Gasteiger partial charge in [-0.15, -0.1) is 0 Å². The molecule has 1 heterocycles. The molecule has 1 saturated heterocycles. The summed E-state index contributed by atoms with van der Waals surface area (Å²) in [5, 5.41) is 12.7. The van der Waals surface area contributed by atoms with Gasteiger partial charge in [-0.25, -0.2) is 0 Å². The highest BCUT2D eigenvalue weighted by molar-refractivity contribution is 4.85. The number of rotatable bonds is 6. The van der Waals surface area contributed by atoms with E-state index in [1.54, 1.807) is 0 Å². The van der Waals surface area contributed by atoms with Gasteiger partial charge < -0.3 is 10.4 Å². The van der Waals surface area contributed by atoms with E-state index < -0.39 is 0 Å². The van der Waals surface area contributed by atoms with Gasteiger partial charge in [0.1, 0.15) is 0 Å². The number of piperidine rings is 1. The molecule has 1 aliphatic carbocycles. The van der Waals surface area contributed by atoms with Crippen LogP contribution in [-0.4, -0.2) is 47.8 Å². The van der Waals surface area contributed by atoms with Gasteiger partial charge in [-0.2, -0.15) is 0 Å². The summed E-state index contributed by atoms with van der Waals surface area (Å²) in [6.45, 7) is 5.14. The van der Waals surface area contributed by atoms with Crippen LogP contribution in [0.5, 0.6) is 0 Å². The van der Waals surface area contributed by atoms with Crippen molar-refractivity contribution in [3.05, 3.63) is 0 Å². The third-order valence-corrected chi connectivity index (χ3v) is 4.86. The Hall–Kier alpha value is -0.120. The first-order chi connectivity index (χ1) is 9.29. The lowest BCUT2D eigenvalue weighted by molar-refractivity contribution is 0.106. The van der Waals surface area contributed by atoms with Crippen molar-refractivity contribution in [2.75, 3.05) is 19.7 Å². The summed E-state index contributed by atoms with van der Waals surface area (Å²) < 4.78 is 0. The molecule has 3 heteroatoms. The lowest BCUT2D eigenvalue weighted by Gasteiger charge is -2.41. The smallest absolute Gasteiger partial charge is 0.0431 e. The summed E-state index contributed by atoms with van der Waals surface area (Å²) in [6.07, 6.45) is 11.9. The highest BCUT2D eigenvalue weighted by Gasteiger charge is 2.27. The number of hydrogen-bond donors (Lipinski definition) is 2. The van der Waals surface area contributed by atoms with Crippen LogP contribution in [0.1, 0.15) is 64.7 Å². The monoisotopic (exact) mass is 268 g/mol. The van der Waals surface area contributed by atoms with Gasteiger partial charge in [-0.1, -0.05) is 19.3 Å². The summed E-state index contributed by atoms with van der Waals surface area (Å²) in [7, 11) is 0. The van der Waals surface area contributed by atoms with Gasteiger partial charge in [0.25, 0.3) is 0 Å². The van der Waals surface area contributed by atoms with E-state index in [0.29, 0.717) is 18.7 Å². The molecule has 1 aliphatic heterocycles. The maximum absolute atomic E-state index is 8.90. The molecule has 112 valence electrons. The van der Waals surface area contributed by atoms with E-state index in [9.17, 15) is 0 Å². The zero-order valence-electron chi connectivity index (χ0n) is 12.6. The van der Waals surface area contributed by atoms with Crippen molar-refractivity contribution in [1.29, 1.82) is 0 Å². The summed E-state index contributed by atoms with van der Waals surface area (Å²) >= 11 is 0. The topological polar surface area (TPSA) is 35.5 Å². The van der Waals surface area contributed by atoms with Gasteiger partial charge in [-0.05, 0) is 52.0 Å². The Kier molecular flexibility index (Phi) is 6.62. The minimum Gasteiger partial charge on any atom is -0.396 e. The zero-order chi connectivity index (χ0) is 13.5. The number of aliphatic hydroxyl groups is 1. The second-order valence-corrected chi connectivity index (χ2v) is 6.56. The molecular formula is C16H32N2O. The van der Waals surface area contributed by atoms with E-state index in [1.165, 1.54) is 58.0 Å². The minimum absolute atomic E-state index is 0.324. The number of nitrogens with zero attached hydrogens (tertiary/aromatic N) is 1. The highest BCUT2D eigenvalue weighted by Crippen LogP contribution is 2.25. The molecular weight excluding hydrogens is 236 g/mol. The third kappa shape index (κ3) is 5.05. The normalized spacial score (nSPS) is 28.4. The predicted molar refractivity (Wildman–Crippen MR) is 80.4 cm³/mol. The van der Waals surface area contributed by atoms with Crippen LogP contribution < -0.4 is 5.32 Å². The Morgan fingerprint density at radius 1 is 1.16 bits per heavy atom. The first-order valence-electron chi connectivity index (χ1n) is 8.40. The zero-order valence-corrected chi connectivity index (χ0v) is 12.6. The number of hydrogen-bond acceptors (Lipinski definition) is 3. The van der Waals surface area contributed by atoms with Crippen molar-refractivity contribution in [2.24, 2.45) is 0 Å². The van der Waals surface area contributed by atoms with E-state index in [2.05, 4.69) is 17.1 Å². The van der Waals surface area contributed by atoms with Crippen molar-refractivity contribution >= 4 is 0 Å². The van der Waals surface area contributed by atoms with Crippen LogP contribution in [0.4, 0.5) is 0 Å². The van der Waals surface area contributed by atoms with E-state index in [0.717, 1.165) is 18.9 Å². The molecule has 2 aliphatic rings. The molecule has 0 radical (unpaired) electrons. The van der Waals surface area contributed by atoms with Gasteiger partial charge in [-0.3, -0.25) is 4.90 Å². The maximum atomic E-state index is 8.90. The Labute approximate surface area is 118 Å². The van der Waals surface area contributed by atoms with Gasteiger partial charge >= 0.3 is 0 Å². The first-order valence-corrected chi connectivity index (χ1v) is 8.40. The van der Waals surface area contributed by atoms with Crippen LogP contribution in [0, 0.1) is 0 Å². The molecule has 1 saturated carbocycles. The fourth-order valence-electron chi connectivity index (χ4n) is 3.80. The molecule has 0 aromatic rings. The maximum Gasteiger partial charge on any atom is 0.0431 e. The SMILES string of the molecule is C[C@H](CCCO)N[C@H]1CCCN(C2CCCCC2)C1. The molecule has 2 N–H and O–H groups in total. The van der Waals surface area contributed by atoms with Gasteiger partial charge in [0.15, 0.2) is 0 Å². The number of likely N-dealkylation sites (tertiary alicyclic amines) is 1.